The highest BCUT2D eigenvalue weighted by Crippen LogP contribution is 2.22. The monoisotopic (exact) mass is 141 g/mol. The standard InChI is InChI=1S/C8H15NO/c1-2-4-8-7(3-1)9-5-6-10-8/h7-9H,1-6H2. The van der Waals surface area contributed by atoms with Gasteiger partial charge < -0.3 is 10.1 Å². The molecule has 2 aliphatic rings. The number of morpholine rings is 1. The van der Waals surface area contributed by atoms with E-state index in [1.54, 1.807) is 0 Å². The first-order valence-corrected chi connectivity index (χ1v) is 4.32. The molecule has 2 fully saturated rings. The van der Waals surface area contributed by atoms with Gasteiger partial charge in [-0.1, -0.05) is 12.8 Å². The van der Waals surface area contributed by atoms with Crippen LogP contribution in [0.1, 0.15) is 25.7 Å². The Bertz CT molecular complexity index is 89.8. The third-order valence-corrected chi connectivity index (χ3v) is 2.54. The summed E-state index contributed by atoms with van der Waals surface area (Å²) in [5, 5.41) is 3.50. The van der Waals surface area contributed by atoms with Crippen LogP contribution >= 0.6 is 0 Å². The molecule has 1 aliphatic carbocycles. The van der Waals surface area contributed by atoms with Gasteiger partial charge in [0.05, 0.1) is 12.7 Å². The fourth-order valence-corrected chi connectivity index (χ4v) is 1.98. The molecule has 1 aliphatic heterocycles. The van der Waals surface area contributed by atoms with Gasteiger partial charge in [0.25, 0.3) is 0 Å². The number of nitrogens with one attached hydrogen (secondary N) is 1. The van der Waals surface area contributed by atoms with Crippen LogP contribution in [0, 0.1) is 0 Å². The Hall–Kier alpha value is -0.0800. The molecule has 58 valence electrons. The van der Waals surface area contributed by atoms with E-state index in [-0.39, 0.29) is 0 Å². The minimum atomic E-state index is 0.544. The first-order chi connectivity index (χ1) is 4.97. The summed E-state index contributed by atoms with van der Waals surface area (Å²) in [6.07, 6.45) is 5.89. The molecule has 0 aromatic heterocycles. The van der Waals surface area contributed by atoms with Crippen molar-refractivity contribution >= 4 is 0 Å². The van der Waals surface area contributed by atoms with Gasteiger partial charge >= 0.3 is 0 Å². The minimum absolute atomic E-state index is 0.544. The molecule has 2 unspecified atom stereocenters. The van der Waals surface area contributed by atoms with Crippen LogP contribution in [0.2, 0.25) is 0 Å². The summed E-state index contributed by atoms with van der Waals surface area (Å²) >= 11 is 0. The van der Waals surface area contributed by atoms with Gasteiger partial charge in [0, 0.05) is 12.6 Å². The van der Waals surface area contributed by atoms with E-state index in [9.17, 15) is 0 Å². The van der Waals surface area contributed by atoms with E-state index in [0.29, 0.717) is 12.1 Å². The third kappa shape index (κ3) is 1.18. The van der Waals surface area contributed by atoms with Crippen molar-refractivity contribution in [3.05, 3.63) is 0 Å². The van der Waals surface area contributed by atoms with E-state index < -0.39 is 0 Å². The molecule has 0 spiro atoms. The zero-order valence-corrected chi connectivity index (χ0v) is 6.31. The maximum atomic E-state index is 5.62. The van der Waals surface area contributed by atoms with Crippen LogP contribution in [0.15, 0.2) is 0 Å². The van der Waals surface area contributed by atoms with Gasteiger partial charge in [-0.05, 0) is 12.8 Å². The Labute approximate surface area is 61.9 Å². The highest BCUT2D eigenvalue weighted by atomic mass is 16.5. The maximum Gasteiger partial charge on any atom is 0.0728 e. The summed E-state index contributed by atoms with van der Waals surface area (Å²) in [4.78, 5) is 0. The largest absolute Gasteiger partial charge is 0.375 e. The number of hydrogen-bond donors (Lipinski definition) is 1. The molecular weight excluding hydrogens is 126 g/mol. The van der Waals surface area contributed by atoms with Crippen molar-refractivity contribution in [2.45, 2.75) is 37.8 Å². The van der Waals surface area contributed by atoms with E-state index in [1.165, 1.54) is 25.7 Å². The Kier molecular flexibility index (Phi) is 1.91. The normalized spacial score (nSPS) is 40.8. The zero-order valence-electron chi connectivity index (χ0n) is 6.31. The van der Waals surface area contributed by atoms with Gasteiger partial charge in [-0.2, -0.15) is 0 Å². The van der Waals surface area contributed by atoms with Crippen LogP contribution in [0.5, 0.6) is 0 Å². The van der Waals surface area contributed by atoms with Crippen LogP contribution in [0.3, 0.4) is 0 Å². The quantitative estimate of drug-likeness (QED) is 0.541. The SMILES string of the molecule is C1CCC2OCCNC2C1. The Morgan fingerprint density at radius 2 is 2.10 bits per heavy atom. The molecule has 1 saturated heterocycles. The highest BCUT2D eigenvalue weighted by molar-refractivity contribution is 4.84. The molecule has 0 aromatic carbocycles. The van der Waals surface area contributed by atoms with Crippen molar-refractivity contribution in [2.75, 3.05) is 13.2 Å². The summed E-state index contributed by atoms with van der Waals surface area (Å²) in [6.45, 7) is 1.97. The fraction of sp³-hybridized carbons (Fsp3) is 1.00. The number of hydrogen-bond acceptors (Lipinski definition) is 2. The molecule has 0 aromatic rings. The van der Waals surface area contributed by atoms with Crippen LogP contribution in [0.25, 0.3) is 0 Å². The van der Waals surface area contributed by atoms with Gasteiger partial charge in [0.2, 0.25) is 0 Å². The molecule has 1 N–H and O–H groups in total. The van der Waals surface area contributed by atoms with Crippen molar-refractivity contribution < 1.29 is 4.74 Å². The molecule has 1 heterocycles. The number of rotatable bonds is 0. The van der Waals surface area contributed by atoms with E-state index in [4.69, 9.17) is 4.74 Å². The minimum Gasteiger partial charge on any atom is -0.375 e. The molecule has 0 bridgehead atoms. The van der Waals surface area contributed by atoms with Gasteiger partial charge in [0.1, 0.15) is 0 Å². The van der Waals surface area contributed by atoms with Crippen LogP contribution in [-0.4, -0.2) is 25.3 Å². The summed E-state index contributed by atoms with van der Waals surface area (Å²) in [6, 6.07) is 0.683. The topological polar surface area (TPSA) is 21.3 Å². The Morgan fingerprint density at radius 3 is 3.00 bits per heavy atom. The van der Waals surface area contributed by atoms with Crippen LogP contribution in [-0.2, 0) is 4.74 Å². The van der Waals surface area contributed by atoms with Crippen molar-refractivity contribution in [2.24, 2.45) is 0 Å². The van der Waals surface area contributed by atoms with E-state index in [2.05, 4.69) is 5.32 Å². The first kappa shape index (κ1) is 6.62. The van der Waals surface area contributed by atoms with Crippen molar-refractivity contribution in [1.82, 2.24) is 5.32 Å². The van der Waals surface area contributed by atoms with Gasteiger partial charge in [-0.25, -0.2) is 0 Å². The molecule has 2 heteroatoms. The number of fused-ring (bicyclic) bond motifs is 1. The Balaban J connectivity index is 1.93. The highest BCUT2D eigenvalue weighted by Gasteiger charge is 2.27. The lowest BCUT2D eigenvalue weighted by molar-refractivity contribution is -0.0235. The van der Waals surface area contributed by atoms with Crippen molar-refractivity contribution in [3.63, 3.8) is 0 Å². The fourth-order valence-electron chi connectivity index (χ4n) is 1.98. The zero-order chi connectivity index (χ0) is 6.81. The summed E-state index contributed by atoms with van der Waals surface area (Å²) in [5.41, 5.74) is 0. The average molecular weight is 141 g/mol. The second kappa shape index (κ2) is 2.89. The average Bonchev–Trinajstić information content (AvgIpc) is 2.05. The van der Waals surface area contributed by atoms with Gasteiger partial charge in [-0.3, -0.25) is 0 Å². The molecule has 1 saturated carbocycles. The third-order valence-electron chi connectivity index (χ3n) is 2.54. The summed E-state index contributed by atoms with van der Waals surface area (Å²) in [5.74, 6) is 0. The van der Waals surface area contributed by atoms with Gasteiger partial charge in [0.15, 0.2) is 0 Å². The molecule has 2 atom stereocenters. The van der Waals surface area contributed by atoms with Crippen LogP contribution in [0.4, 0.5) is 0 Å². The lowest BCUT2D eigenvalue weighted by atomic mass is 9.92. The molecule has 0 radical (unpaired) electrons. The Morgan fingerprint density at radius 1 is 1.20 bits per heavy atom. The molecule has 0 amide bonds. The molecule has 2 nitrogen and oxygen atoms in total. The lowest BCUT2D eigenvalue weighted by Gasteiger charge is -2.36. The van der Waals surface area contributed by atoms with Crippen molar-refractivity contribution in [3.8, 4) is 0 Å². The van der Waals surface area contributed by atoms with Crippen molar-refractivity contribution in [1.29, 1.82) is 0 Å². The molecule has 10 heavy (non-hydrogen) atoms. The van der Waals surface area contributed by atoms with E-state index in [0.717, 1.165) is 13.2 Å². The molecule has 2 rings (SSSR count). The number of ether oxygens (including phenoxy) is 1. The van der Waals surface area contributed by atoms with E-state index >= 15 is 0 Å². The van der Waals surface area contributed by atoms with Gasteiger partial charge in [-0.15, -0.1) is 0 Å². The van der Waals surface area contributed by atoms with E-state index in [1.807, 2.05) is 0 Å². The predicted molar refractivity (Wildman–Crippen MR) is 40.0 cm³/mol. The summed E-state index contributed by atoms with van der Waals surface area (Å²) < 4.78 is 5.62. The molecular formula is C8H15NO. The summed E-state index contributed by atoms with van der Waals surface area (Å²) in [7, 11) is 0. The second-order valence-electron chi connectivity index (χ2n) is 3.25. The smallest absolute Gasteiger partial charge is 0.0728 e. The first-order valence-electron chi connectivity index (χ1n) is 4.32. The van der Waals surface area contributed by atoms with Crippen LogP contribution < -0.4 is 5.32 Å². The maximum absolute atomic E-state index is 5.62. The predicted octanol–water partition coefficient (Wildman–Crippen LogP) is 0.917. The second-order valence-corrected chi connectivity index (χ2v) is 3.25. The lowest BCUT2D eigenvalue weighted by Crippen LogP contribution is -2.49.